The highest BCUT2D eigenvalue weighted by molar-refractivity contribution is 5.79. The molecule has 1 N–H and O–H groups in total. The van der Waals surface area contributed by atoms with Gasteiger partial charge in [0, 0.05) is 24.3 Å². The van der Waals surface area contributed by atoms with Gasteiger partial charge in [0.15, 0.2) is 5.65 Å². The largest absolute Gasteiger partial charge is 0.312 e. The van der Waals surface area contributed by atoms with Crippen molar-refractivity contribution < 1.29 is 0 Å². The topological polar surface area (TPSA) is 37.8 Å². The first-order valence-corrected chi connectivity index (χ1v) is 4.87. The minimum atomic E-state index is 0.869. The van der Waals surface area contributed by atoms with Crippen LogP contribution in [0.5, 0.6) is 0 Å². The van der Waals surface area contributed by atoms with E-state index in [0.717, 1.165) is 25.2 Å². The standard InChI is InChI=1S/C11H11N3/c1-2-10-9-3-5-12-6-8(9)7-14-11(10)13-4-1/h1-2,4,7,12H,3,5-6H2. The third-order valence-corrected chi connectivity index (χ3v) is 2.71. The Morgan fingerprint density at radius 2 is 2.29 bits per heavy atom. The predicted molar refractivity (Wildman–Crippen MR) is 54.9 cm³/mol. The van der Waals surface area contributed by atoms with Crippen LogP contribution in [-0.4, -0.2) is 16.5 Å². The van der Waals surface area contributed by atoms with Crippen molar-refractivity contribution in [1.29, 1.82) is 0 Å². The van der Waals surface area contributed by atoms with Crippen molar-refractivity contribution >= 4 is 11.0 Å². The van der Waals surface area contributed by atoms with Crippen LogP contribution in [0.4, 0.5) is 0 Å². The fraction of sp³-hybridized carbons (Fsp3) is 0.273. The Morgan fingerprint density at radius 1 is 1.29 bits per heavy atom. The molecule has 0 atom stereocenters. The summed E-state index contributed by atoms with van der Waals surface area (Å²) in [5.74, 6) is 0. The van der Waals surface area contributed by atoms with Gasteiger partial charge in [0.05, 0.1) is 0 Å². The molecule has 0 bridgehead atoms. The molecule has 3 nitrogen and oxygen atoms in total. The minimum Gasteiger partial charge on any atom is -0.312 e. The molecule has 0 aliphatic carbocycles. The maximum absolute atomic E-state index is 4.34. The van der Waals surface area contributed by atoms with Gasteiger partial charge in [0.2, 0.25) is 0 Å². The molecule has 0 amide bonds. The molecule has 3 heterocycles. The molecule has 0 fully saturated rings. The van der Waals surface area contributed by atoms with Gasteiger partial charge in [0.1, 0.15) is 0 Å². The summed E-state index contributed by atoms with van der Waals surface area (Å²) in [4.78, 5) is 8.60. The Bertz CT molecular complexity index is 479. The Kier molecular flexibility index (Phi) is 1.70. The average Bonchev–Trinajstić information content (AvgIpc) is 2.29. The summed E-state index contributed by atoms with van der Waals surface area (Å²) in [7, 11) is 0. The summed E-state index contributed by atoms with van der Waals surface area (Å²) in [6.07, 6.45) is 4.82. The maximum Gasteiger partial charge on any atom is 0.159 e. The van der Waals surface area contributed by atoms with Crippen LogP contribution in [0.15, 0.2) is 24.5 Å². The molecule has 2 aromatic heterocycles. The molecule has 3 rings (SSSR count). The lowest BCUT2D eigenvalue weighted by molar-refractivity contribution is 0.645. The van der Waals surface area contributed by atoms with Gasteiger partial charge in [-0.1, -0.05) is 0 Å². The highest BCUT2D eigenvalue weighted by Crippen LogP contribution is 2.21. The Balaban J connectivity index is 2.34. The molecule has 0 saturated heterocycles. The lowest BCUT2D eigenvalue weighted by Crippen LogP contribution is -2.24. The molecule has 2 aromatic rings. The zero-order valence-electron chi connectivity index (χ0n) is 7.83. The first-order valence-electron chi connectivity index (χ1n) is 4.87. The van der Waals surface area contributed by atoms with Crippen molar-refractivity contribution in [3.05, 3.63) is 35.7 Å². The number of fused-ring (bicyclic) bond motifs is 3. The molecular formula is C11H11N3. The van der Waals surface area contributed by atoms with Crippen molar-refractivity contribution in [3.63, 3.8) is 0 Å². The second kappa shape index (κ2) is 3.03. The number of hydrogen-bond acceptors (Lipinski definition) is 3. The van der Waals surface area contributed by atoms with Crippen molar-refractivity contribution in [3.8, 4) is 0 Å². The van der Waals surface area contributed by atoms with E-state index in [1.54, 1.807) is 6.20 Å². The summed E-state index contributed by atoms with van der Waals surface area (Å²) < 4.78 is 0. The van der Waals surface area contributed by atoms with Crippen LogP contribution >= 0.6 is 0 Å². The minimum absolute atomic E-state index is 0.869. The number of rotatable bonds is 0. The maximum atomic E-state index is 4.34. The molecule has 0 saturated carbocycles. The van der Waals surface area contributed by atoms with E-state index < -0.39 is 0 Å². The van der Waals surface area contributed by atoms with Crippen LogP contribution in [0.25, 0.3) is 11.0 Å². The van der Waals surface area contributed by atoms with Gasteiger partial charge in [-0.3, -0.25) is 0 Å². The second-order valence-electron chi connectivity index (χ2n) is 3.56. The number of pyridine rings is 2. The van der Waals surface area contributed by atoms with Crippen LogP contribution in [0, 0.1) is 0 Å². The fourth-order valence-electron chi connectivity index (χ4n) is 2.01. The van der Waals surface area contributed by atoms with Gasteiger partial charge in [-0.2, -0.15) is 0 Å². The Labute approximate surface area is 82.2 Å². The lowest BCUT2D eigenvalue weighted by atomic mass is 10.00. The van der Waals surface area contributed by atoms with E-state index in [-0.39, 0.29) is 0 Å². The number of nitrogens with one attached hydrogen (secondary N) is 1. The van der Waals surface area contributed by atoms with Gasteiger partial charge in [-0.05, 0) is 36.2 Å². The van der Waals surface area contributed by atoms with E-state index in [9.17, 15) is 0 Å². The summed E-state index contributed by atoms with van der Waals surface area (Å²) in [5.41, 5.74) is 3.60. The molecule has 0 aromatic carbocycles. The first-order chi connectivity index (χ1) is 6.95. The van der Waals surface area contributed by atoms with Crippen LogP contribution < -0.4 is 5.32 Å². The van der Waals surface area contributed by atoms with Crippen molar-refractivity contribution in [2.75, 3.05) is 6.54 Å². The molecular weight excluding hydrogens is 174 g/mol. The summed E-state index contributed by atoms with van der Waals surface area (Å²) in [5, 5.41) is 4.56. The van der Waals surface area contributed by atoms with E-state index >= 15 is 0 Å². The normalized spacial score (nSPS) is 15.4. The SMILES string of the molecule is c1cnc2ncc3c(c2c1)CCNC3. The van der Waals surface area contributed by atoms with Crippen molar-refractivity contribution in [2.45, 2.75) is 13.0 Å². The monoisotopic (exact) mass is 185 g/mol. The van der Waals surface area contributed by atoms with Crippen molar-refractivity contribution in [2.24, 2.45) is 0 Å². The number of nitrogens with zero attached hydrogens (tertiary/aromatic N) is 2. The van der Waals surface area contributed by atoms with E-state index in [2.05, 4.69) is 21.4 Å². The molecule has 3 heteroatoms. The van der Waals surface area contributed by atoms with E-state index in [1.807, 2.05) is 12.3 Å². The van der Waals surface area contributed by atoms with Crippen LogP contribution in [0.1, 0.15) is 11.1 Å². The molecule has 1 aliphatic rings. The van der Waals surface area contributed by atoms with Gasteiger partial charge in [-0.15, -0.1) is 0 Å². The van der Waals surface area contributed by atoms with Crippen molar-refractivity contribution in [1.82, 2.24) is 15.3 Å². The predicted octanol–water partition coefficient (Wildman–Crippen LogP) is 1.28. The third-order valence-electron chi connectivity index (χ3n) is 2.71. The average molecular weight is 185 g/mol. The summed E-state index contributed by atoms with van der Waals surface area (Å²) >= 11 is 0. The van der Waals surface area contributed by atoms with Gasteiger partial charge >= 0.3 is 0 Å². The first kappa shape index (κ1) is 7.88. The summed E-state index contributed by atoms with van der Waals surface area (Å²) in [6, 6.07) is 4.09. The zero-order chi connectivity index (χ0) is 9.38. The van der Waals surface area contributed by atoms with E-state index in [0.29, 0.717) is 0 Å². The lowest BCUT2D eigenvalue weighted by Gasteiger charge is -2.17. The van der Waals surface area contributed by atoms with E-state index in [4.69, 9.17) is 0 Å². The molecule has 1 aliphatic heterocycles. The second-order valence-corrected chi connectivity index (χ2v) is 3.56. The zero-order valence-corrected chi connectivity index (χ0v) is 7.83. The molecule has 14 heavy (non-hydrogen) atoms. The van der Waals surface area contributed by atoms with Gasteiger partial charge in [0.25, 0.3) is 0 Å². The highest BCUT2D eigenvalue weighted by Gasteiger charge is 2.12. The number of aromatic nitrogens is 2. The fourth-order valence-corrected chi connectivity index (χ4v) is 2.01. The van der Waals surface area contributed by atoms with Crippen LogP contribution in [0.3, 0.4) is 0 Å². The van der Waals surface area contributed by atoms with E-state index in [1.165, 1.54) is 16.5 Å². The Hall–Kier alpha value is -1.48. The number of hydrogen-bond donors (Lipinski definition) is 1. The van der Waals surface area contributed by atoms with Crippen LogP contribution in [0.2, 0.25) is 0 Å². The smallest absolute Gasteiger partial charge is 0.159 e. The van der Waals surface area contributed by atoms with Gasteiger partial charge in [-0.25, -0.2) is 9.97 Å². The molecule has 0 spiro atoms. The molecule has 0 radical (unpaired) electrons. The quantitative estimate of drug-likeness (QED) is 0.671. The van der Waals surface area contributed by atoms with Gasteiger partial charge < -0.3 is 5.32 Å². The summed E-state index contributed by atoms with van der Waals surface area (Å²) in [6.45, 7) is 1.99. The van der Waals surface area contributed by atoms with Crippen LogP contribution in [-0.2, 0) is 13.0 Å². The molecule has 0 unspecified atom stereocenters. The Morgan fingerprint density at radius 3 is 3.29 bits per heavy atom. The molecule has 70 valence electrons. The third kappa shape index (κ3) is 1.09. The highest BCUT2D eigenvalue weighted by atomic mass is 14.9.